The second-order valence-corrected chi connectivity index (χ2v) is 6.42. The van der Waals surface area contributed by atoms with Crippen molar-refractivity contribution in [3.05, 3.63) is 41.6 Å². The molecule has 1 aliphatic rings. The Labute approximate surface area is 147 Å². The number of hydrogen-bond acceptors (Lipinski definition) is 5. The van der Waals surface area contributed by atoms with E-state index >= 15 is 0 Å². The standard InChI is InChI=1S/C19H24N2O4/c1-5-17-20-13(4)18(25-17)19(22)21(12(2)3)10-14-11-23-15-8-6-7-9-16(15)24-14/h6-9,12,14H,5,10-11H2,1-4H3/t14-/m0/s1. The van der Waals surface area contributed by atoms with Crippen molar-refractivity contribution in [3.8, 4) is 11.5 Å². The fraction of sp³-hybridized carbons (Fsp3) is 0.474. The summed E-state index contributed by atoms with van der Waals surface area (Å²) in [6.07, 6.45) is 0.432. The molecule has 6 nitrogen and oxygen atoms in total. The van der Waals surface area contributed by atoms with Gasteiger partial charge in [-0.05, 0) is 32.9 Å². The molecule has 2 heterocycles. The maximum absolute atomic E-state index is 13.0. The van der Waals surface area contributed by atoms with Gasteiger partial charge in [-0.25, -0.2) is 4.98 Å². The van der Waals surface area contributed by atoms with Gasteiger partial charge in [0.25, 0.3) is 5.91 Å². The van der Waals surface area contributed by atoms with Crippen LogP contribution in [0.3, 0.4) is 0 Å². The van der Waals surface area contributed by atoms with Crippen LogP contribution >= 0.6 is 0 Å². The molecule has 0 N–H and O–H groups in total. The van der Waals surface area contributed by atoms with Crippen molar-refractivity contribution in [2.45, 2.75) is 46.3 Å². The monoisotopic (exact) mass is 344 g/mol. The summed E-state index contributed by atoms with van der Waals surface area (Å²) in [5.41, 5.74) is 0.624. The minimum absolute atomic E-state index is 0.00264. The van der Waals surface area contributed by atoms with Gasteiger partial charge >= 0.3 is 0 Å². The lowest BCUT2D eigenvalue weighted by Gasteiger charge is -2.33. The largest absolute Gasteiger partial charge is 0.486 e. The molecule has 0 bridgehead atoms. The van der Waals surface area contributed by atoms with Gasteiger partial charge in [0.05, 0.1) is 12.2 Å². The molecule has 0 saturated heterocycles. The number of para-hydroxylation sites is 2. The highest BCUT2D eigenvalue weighted by Crippen LogP contribution is 2.31. The number of carbonyl (C=O) groups is 1. The molecule has 3 rings (SSSR count). The fourth-order valence-electron chi connectivity index (χ4n) is 2.83. The molecule has 0 saturated carbocycles. The lowest BCUT2D eigenvalue weighted by molar-refractivity contribution is 0.0371. The lowest BCUT2D eigenvalue weighted by Crippen LogP contribution is -2.46. The molecule has 0 fully saturated rings. The lowest BCUT2D eigenvalue weighted by atomic mass is 10.2. The van der Waals surface area contributed by atoms with Gasteiger partial charge < -0.3 is 18.8 Å². The molecular formula is C19H24N2O4. The van der Waals surface area contributed by atoms with Crippen LogP contribution in [0.25, 0.3) is 0 Å². The number of rotatable bonds is 5. The van der Waals surface area contributed by atoms with Crippen LogP contribution in [0.4, 0.5) is 0 Å². The molecule has 1 atom stereocenters. The van der Waals surface area contributed by atoms with Gasteiger partial charge in [-0.3, -0.25) is 4.79 Å². The summed E-state index contributed by atoms with van der Waals surface area (Å²) in [4.78, 5) is 19.0. The Kier molecular flexibility index (Phi) is 4.97. The second kappa shape index (κ2) is 7.17. The average Bonchev–Trinajstić information content (AvgIpc) is 2.99. The number of carbonyl (C=O) groups excluding carboxylic acids is 1. The highest BCUT2D eigenvalue weighted by Gasteiger charge is 2.30. The molecule has 0 unspecified atom stereocenters. The third kappa shape index (κ3) is 3.62. The van der Waals surface area contributed by atoms with Crippen molar-refractivity contribution in [1.29, 1.82) is 0 Å². The number of oxazole rings is 1. The Bertz CT molecular complexity index is 754. The maximum Gasteiger partial charge on any atom is 0.291 e. The van der Waals surface area contributed by atoms with Crippen molar-refractivity contribution in [1.82, 2.24) is 9.88 Å². The first-order valence-electron chi connectivity index (χ1n) is 8.65. The van der Waals surface area contributed by atoms with Crippen LogP contribution in [0, 0.1) is 6.92 Å². The first-order valence-corrected chi connectivity index (χ1v) is 8.65. The summed E-state index contributed by atoms with van der Waals surface area (Å²) >= 11 is 0. The van der Waals surface area contributed by atoms with Crippen LogP contribution in [-0.4, -0.2) is 41.1 Å². The minimum atomic E-state index is -0.227. The van der Waals surface area contributed by atoms with Crippen molar-refractivity contribution in [2.75, 3.05) is 13.2 Å². The van der Waals surface area contributed by atoms with Gasteiger partial charge in [0.2, 0.25) is 5.76 Å². The van der Waals surface area contributed by atoms with Gasteiger partial charge in [-0.2, -0.15) is 0 Å². The third-order valence-electron chi connectivity index (χ3n) is 4.19. The smallest absolute Gasteiger partial charge is 0.291 e. The highest BCUT2D eigenvalue weighted by molar-refractivity contribution is 5.92. The normalized spacial score (nSPS) is 16.1. The van der Waals surface area contributed by atoms with E-state index in [2.05, 4.69) is 4.98 Å². The van der Waals surface area contributed by atoms with Gasteiger partial charge in [-0.15, -0.1) is 0 Å². The Balaban J connectivity index is 1.76. The first-order chi connectivity index (χ1) is 12.0. The topological polar surface area (TPSA) is 64.8 Å². The van der Waals surface area contributed by atoms with E-state index in [9.17, 15) is 4.79 Å². The molecule has 1 aliphatic heterocycles. The highest BCUT2D eigenvalue weighted by atomic mass is 16.6. The average molecular weight is 344 g/mol. The third-order valence-corrected chi connectivity index (χ3v) is 4.19. The zero-order chi connectivity index (χ0) is 18.0. The van der Waals surface area contributed by atoms with E-state index in [1.54, 1.807) is 11.8 Å². The van der Waals surface area contributed by atoms with E-state index in [0.717, 1.165) is 5.75 Å². The van der Waals surface area contributed by atoms with Gasteiger partial charge in [0, 0.05) is 12.5 Å². The van der Waals surface area contributed by atoms with Crippen molar-refractivity contribution in [2.24, 2.45) is 0 Å². The van der Waals surface area contributed by atoms with Crippen LogP contribution in [0.2, 0.25) is 0 Å². The van der Waals surface area contributed by atoms with Crippen LogP contribution < -0.4 is 9.47 Å². The summed E-state index contributed by atoms with van der Waals surface area (Å²) in [6, 6.07) is 7.56. The summed E-state index contributed by atoms with van der Waals surface area (Å²) in [7, 11) is 0. The molecule has 6 heteroatoms. The van der Waals surface area contributed by atoms with E-state index in [1.807, 2.05) is 45.0 Å². The molecule has 25 heavy (non-hydrogen) atoms. The molecule has 2 aromatic rings. The van der Waals surface area contributed by atoms with Gasteiger partial charge in [-0.1, -0.05) is 19.1 Å². The van der Waals surface area contributed by atoms with Crippen molar-refractivity contribution >= 4 is 5.91 Å². The molecule has 0 spiro atoms. The molecule has 1 aromatic heterocycles. The van der Waals surface area contributed by atoms with Gasteiger partial charge in [0.15, 0.2) is 23.5 Å². The number of nitrogens with zero attached hydrogens (tertiary/aromatic N) is 2. The first kappa shape index (κ1) is 17.3. The van der Waals surface area contributed by atoms with Crippen LogP contribution in [0.5, 0.6) is 11.5 Å². The van der Waals surface area contributed by atoms with E-state index in [4.69, 9.17) is 13.9 Å². The zero-order valence-corrected chi connectivity index (χ0v) is 15.1. The van der Waals surface area contributed by atoms with E-state index in [-0.39, 0.29) is 18.1 Å². The summed E-state index contributed by atoms with van der Waals surface area (Å²) in [6.45, 7) is 8.52. The summed E-state index contributed by atoms with van der Waals surface area (Å²) in [5, 5.41) is 0. The van der Waals surface area contributed by atoms with Gasteiger partial charge in [0.1, 0.15) is 6.61 Å². The van der Waals surface area contributed by atoms with E-state index in [0.29, 0.717) is 42.7 Å². The number of benzene rings is 1. The van der Waals surface area contributed by atoms with Crippen molar-refractivity contribution in [3.63, 3.8) is 0 Å². The Morgan fingerprint density at radius 2 is 2.04 bits per heavy atom. The zero-order valence-electron chi connectivity index (χ0n) is 15.1. The predicted molar refractivity (Wildman–Crippen MR) is 93.1 cm³/mol. The Morgan fingerprint density at radius 1 is 1.32 bits per heavy atom. The number of amides is 1. The number of ether oxygens (including phenoxy) is 2. The Morgan fingerprint density at radius 3 is 2.68 bits per heavy atom. The maximum atomic E-state index is 13.0. The second-order valence-electron chi connectivity index (χ2n) is 6.42. The molecular weight excluding hydrogens is 320 g/mol. The molecule has 0 aliphatic carbocycles. The summed E-state index contributed by atoms with van der Waals surface area (Å²) < 4.78 is 17.4. The molecule has 0 radical (unpaired) electrons. The number of aromatic nitrogens is 1. The molecule has 1 amide bonds. The SMILES string of the molecule is CCc1nc(C)c(C(=O)N(C[C@H]2COc3ccccc3O2)C(C)C)o1. The van der Waals surface area contributed by atoms with Crippen LogP contribution in [0.1, 0.15) is 42.9 Å². The fourth-order valence-corrected chi connectivity index (χ4v) is 2.83. The summed E-state index contributed by atoms with van der Waals surface area (Å²) in [5.74, 6) is 2.17. The molecule has 134 valence electrons. The Hall–Kier alpha value is -2.50. The number of aryl methyl sites for hydroxylation is 2. The minimum Gasteiger partial charge on any atom is -0.486 e. The van der Waals surface area contributed by atoms with Crippen LogP contribution in [0.15, 0.2) is 28.7 Å². The van der Waals surface area contributed by atoms with Crippen LogP contribution in [-0.2, 0) is 6.42 Å². The quantitative estimate of drug-likeness (QED) is 0.833. The molecule has 1 aromatic carbocycles. The van der Waals surface area contributed by atoms with E-state index < -0.39 is 0 Å². The predicted octanol–water partition coefficient (Wildman–Crippen LogP) is 3.24. The number of hydrogen-bond donors (Lipinski definition) is 0. The number of fused-ring (bicyclic) bond motifs is 1. The van der Waals surface area contributed by atoms with E-state index in [1.165, 1.54) is 0 Å². The van der Waals surface area contributed by atoms with Crippen molar-refractivity contribution < 1.29 is 18.7 Å².